The van der Waals surface area contributed by atoms with Crippen LogP contribution in [-0.2, 0) is 17.9 Å². The first-order chi connectivity index (χ1) is 11.7. The maximum Gasteiger partial charge on any atom is 0.237 e. The van der Waals surface area contributed by atoms with Gasteiger partial charge in [-0.2, -0.15) is 0 Å². The van der Waals surface area contributed by atoms with Gasteiger partial charge in [-0.25, -0.2) is 0 Å². The van der Waals surface area contributed by atoms with E-state index in [0.717, 1.165) is 12.1 Å². The zero-order valence-electron chi connectivity index (χ0n) is 14.4. The van der Waals surface area contributed by atoms with Crippen LogP contribution in [0.1, 0.15) is 18.1 Å². The molecule has 4 heteroatoms. The van der Waals surface area contributed by atoms with Crippen LogP contribution in [0.4, 0.5) is 0 Å². The second-order valence-electron chi connectivity index (χ2n) is 5.88. The number of likely N-dealkylation sites (N-methyl/N-ethyl adjacent to an activating group) is 1. The van der Waals surface area contributed by atoms with E-state index >= 15 is 0 Å². The van der Waals surface area contributed by atoms with Gasteiger partial charge in [-0.15, -0.1) is 0 Å². The summed E-state index contributed by atoms with van der Waals surface area (Å²) in [5.41, 5.74) is 8.08. The average molecular weight is 325 g/mol. The van der Waals surface area contributed by atoms with E-state index < -0.39 is 0 Å². The zero-order valence-corrected chi connectivity index (χ0v) is 14.4. The van der Waals surface area contributed by atoms with Crippen LogP contribution >= 0.6 is 0 Å². The van der Waals surface area contributed by atoms with Crippen molar-refractivity contribution in [2.45, 2.75) is 20.0 Å². The molecule has 2 rings (SSSR count). The lowest BCUT2D eigenvalue weighted by Gasteiger charge is -2.26. The highest BCUT2D eigenvalue weighted by Crippen LogP contribution is 2.08. The van der Waals surface area contributed by atoms with Crippen molar-refractivity contribution in [3.8, 4) is 0 Å². The summed E-state index contributed by atoms with van der Waals surface area (Å²) in [5, 5.41) is 0. The van der Waals surface area contributed by atoms with Crippen molar-refractivity contribution in [1.82, 2.24) is 9.80 Å². The van der Waals surface area contributed by atoms with Gasteiger partial charge in [0.05, 0.1) is 6.54 Å². The normalized spacial score (nSPS) is 10.8. The van der Waals surface area contributed by atoms with Gasteiger partial charge in [-0.3, -0.25) is 9.69 Å². The van der Waals surface area contributed by atoms with Crippen LogP contribution in [0.15, 0.2) is 60.7 Å². The number of hydrogen-bond donors (Lipinski definition) is 1. The molecule has 0 aliphatic heterocycles. The summed E-state index contributed by atoms with van der Waals surface area (Å²) >= 11 is 0. The molecule has 0 saturated heterocycles. The largest absolute Gasteiger partial charge is 0.338 e. The highest BCUT2D eigenvalue weighted by molar-refractivity contribution is 5.78. The van der Waals surface area contributed by atoms with Gasteiger partial charge >= 0.3 is 0 Å². The van der Waals surface area contributed by atoms with Crippen LogP contribution in [0, 0.1) is 0 Å². The number of rotatable bonds is 9. The molecule has 0 unspecified atom stereocenters. The SMILES string of the molecule is CCN(Cc1ccccc1)C(=O)CN(CCN)Cc1ccccc1. The van der Waals surface area contributed by atoms with Crippen LogP contribution in [0.3, 0.4) is 0 Å². The van der Waals surface area contributed by atoms with Crippen molar-refractivity contribution >= 4 is 5.91 Å². The third kappa shape index (κ3) is 5.80. The summed E-state index contributed by atoms with van der Waals surface area (Å²) in [6, 6.07) is 20.3. The molecule has 0 saturated carbocycles. The fourth-order valence-corrected chi connectivity index (χ4v) is 2.71. The lowest BCUT2D eigenvalue weighted by molar-refractivity contribution is -0.133. The van der Waals surface area contributed by atoms with Crippen LogP contribution in [0.25, 0.3) is 0 Å². The maximum absolute atomic E-state index is 12.7. The molecule has 24 heavy (non-hydrogen) atoms. The van der Waals surface area contributed by atoms with Gasteiger partial charge in [0, 0.05) is 32.7 Å². The standard InChI is InChI=1S/C20H27N3O/c1-2-23(16-19-11-7-4-8-12-19)20(24)17-22(14-13-21)15-18-9-5-3-6-10-18/h3-12H,2,13-17,21H2,1H3. The van der Waals surface area contributed by atoms with Gasteiger partial charge in [0.2, 0.25) is 5.91 Å². The summed E-state index contributed by atoms with van der Waals surface area (Å²) < 4.78 is 0. The Hall–Kier alpha value is -2.17. The van der Waals surface area contributed by atoms with Gasteiger partial charge in [-0.1, -0.05) is 60.7 Å². The molecule has 0 atom stereocenters. The Morgan fingerprint density at radius 2 is 1.46 bits per heavy atom. The highest BCUT2D eigenvalue weighted by atomic mass is 16.2. The molecule has 0 heterocycles. The summed E-state index contributed by atoms with van der Waals surface area (Å²) in [6.07, 6.45) is 0. The van der Waals surface area contributed by atoms with E-state index in [9.17, 15) is 4.79 Å². The molecule has 0 aliphatic carbocycles. The summed E-state index contributed by atoms with van der Waals surface area (Å²) in [5.74, 6) is 0.144. The number of carbonyl (C=O) groups excluding carboxylic acids is 1. The van der Waals surface area contributed by atoms with Crippen molar-refractivity contribution < 1.29 is 4.79 Å². The molecule has 0 aromatic heterocycles. The molecule has 1 amide bonds. The molecule has 4 nitrogen and oxygen atoms in total. The van der Waals surface area contributed by atoms with Crippen LogP contribution in [0.2, 0.25) is 0 Å². The summed E-state index contributed by atoms with van der Waals surface area (Å²) in [7, 11) is 0. The van der Waals surface area contributed by atoms with E-state index in [-0.39, 0.29) is 5.91 Å². The molecule has 0 bridgehead atoms. The van der Waals surface area contributed by atoms with Gasteiger partial charge < -0.3 is 10.6 Å². The molecule has 2 N–H and O–H groups in total. The average Bonchev–Trinajstić information content (AvgIpc) is 2.61. The van der Waals surface area contributed by atoms with E-state index in [1.54, 1.807) is 0 Å². The Morgan fingerprint density at radius 1 is 0.917 bits per heavy atom. The van der Waals surface area contributed by atoms with Crippen molar-refractivity contribution in [3.63, 3.8) is 0 Å². The van der Waals surface area contributed by atoms with Gasteiger partial charge in [0.15, 0.2) is 0 Å². The van der Waals surface area contributed by atoms with Crippen LogP contribution in [0.5, 0.6) is 0 Å². The number of nitrogens with zero attached hydrogens (tertiary/aromatic N) is 2. The number of hydrogen-bond acceptors (Lipinski definition) is 3. The second kappa shape index (κ2) is 9.85. The van der Waals surface area contributed by atoms with E-state index in [1.165, 1.54) is 5.56 Å². The van der Waals surface area contributed by atoms with E-state index in [4.69, 9.17) is 5.73 Å². The molecule has 2 aromatic rings. The minimum Gasteiger partial charge on any atom is -0.338 e. The van der Waals surface area contributed by atoms with Crippen molar-refractivity contribution in [3.05, 3.63) is 71.8 Å². The predicted molar refractivity (Wildman–Crippen MR) is 98.3 cm³/mol. The van der Waals surface area contributed by atoms with E-state index in [2.05, 4.69) is 29.2 Å². The lowest BCUT2D eigenvalue weighted by Crippen LogP contribution is -2.41. The molecule has 0 radical (unpaired) electrons. The topological polar surface area (TPSA) is 49.6 Å². The van der Waals surface area contributed by atoms with Gasteiger partial charge in [-0.05, 0) is 18.1 Å². The Bertz CT molecular complexity index is 601. The third-order valence-corrected chi connectivity index (χ3v) is 4.00. The Morgan fingerprint density at radius 3 is 1.96 bits per heavy atom. The fraction of sp³-hybridized carbons (Fsp3) is 0.350. The molecule has 0 fully saturated rings. The molecule has 128 valence electrons. The van der Waals surface area contributed by atoms with Crippen LogP contribution in [-0.4, -0.2) is 41.9 Å². The third-order valence-electron chi connectivity index (χ3n) is 4.00. The Labute approximate surface area is 144 Å². The number of benzene rings is 2. The Kier molecular flexibility index (Phi) is 7.46. The number of nitrogens with two attached hydrogens (primary N) is 1. The fourth-order valence-electron chi connectivity index (χ4n) is 2.71. The van der Waals surface area contributed by atoms with Gasteiger partial charge in [0.25, 0.3) is 0 Å². The molecule has 2 aromatic carbocycles. The van der Waals surface area contributed by atoms with Crippen molar-refractivity contribution in [2.75, 3.05) is 26.2 Å². The van der Waals surface area contributed by atoms with Crippen LogP contribution < -0.4 is 5.73 Å². The predicted octanol–water partition coefficient (Wildman–Crippen LogP) is 2.50. The smallest absolute Gasteiger partial charge is 0.237 e. The highest BCUT2D eigenvalue weighted by Gasteiger charge is 2.16. The minimum absolute atomic E-state index is 0.144. The first-order valence-corrected chi connectivity index (χ1v) is 8.51. The first kappa shape index (κ1) is 18.2. The van der Waals surface area contributed by atoms with Gasteiger partial charge in [0.1, 0.15) is 0 Å². The monoisotopic (exact) mass is 325 g/mol. The first-order valence-electron chi connectivity index (χ1n) is 8.51. The molecular weight excluding hydrogens is 298 g/mol. The van der Waals surface area contributed by atoms with Crippen molar-refractivity contribution in [2.24, 2.45) is 5.73 Å². The quantitative estimate of drug-likeness (QED) is 0.770. The summed E-state index contributed by atoms with van der Waals surface area (Å²) in [6.45, 7) is 5.77. The van der Waals surface area contributed by atoms with Crippen molar-refractivity contribution in [1.29, 1.82) is 0 Å². The second-order valence-corrected chi connectivity index (χ2v) is 5.88. The maximum atomic E-state index is 12.7. The number of amides is 1. The molecule has 0 spiro atoms. The van der Waals surface area contributed by atoms with E-state index in [0.29, 0.717) is 32.7 Å². The molecular formula is C20H27N3O. The molecule has 0 aliphatic rings. The lowest BCUT2D eigenvalue weighted by atomic mass is 10.2. The minimum atomic E-state index is 0.144. The Balaban J connectivity index is 1.97. The zero-order chi connectivity index (χ0) is 17.2. The summed E-state index contributed by atoms with van der Waals surface area (Å²) in [4.78, 5) is 16.7. The number of carbonyl (C=O) groups is 1. The van der Waals surface area contributed by atoms with E-state index in [1.807, 2.05) is 48.2 Å².